The van der Waals surface area contributed by atoms with Crippen molar-refractivity contribution in [3.63, 3.8) is 0 Å². The molecule has 3 rings (SSSR count). The molecule has 3 heteroatoms. The molecule has 0 spiro atoms. The highest BCUT2D eigenvalue weighted by Gasteiger charge is 2.54. The van der Waals surface area contributed by atoms with Crippen LogP contribution in [0.3, 0.4) is 0 Å². The van der Waals surface area contributed by atoms with Crippen molar-refractivity contribution in [3.8, 4) is 0 Å². The van der Waals surface area contributed by atoms with Gasteiger partial charge in [-0.3, -0.25) is 0 Å². The zero-order chi connectivity index (χ0) is 16.7. The second-order valence-corrected chi connectivity index (χ2v) is 7.74. The van der Waals surface area contributed by atoms with Crippen LogP contribution in [0.5, 0.6) is 0 Å². The van der Waals surface area contributed by atoms with Gasteiger partial charge in [-0.15, -0.1) is 0 Å². The summed E-state index contributed by atoms with van der Waals surface area (Å²) in [6.07, 6.45) is 13.6. The summed E-state index contributed by atoms with van der Waals surface area (Å²) >= 11 is 0. The van der Waals surface area contributed by atoms with Crippen molar-refractivity contribution in [1.82, 2.24) is 0 Å². The summed E-state index contributed by atoms with van der Waals surface area (Å²) in [6.45, 7) is 6.81. The molecule has 4 atom stereocenters. The Bertz CT molecular complexity index is 640. The summed E-state index contributed by atoms with van der Waals surface area (Å²) in [5.41, 5.74) is 1.62. The Balaban J connectivity index is 1.91. The lowest BCUT2D eigenvalue weighted by Crippen LogP contribution is -2.50. The molecule has 2 aliphatic rings. The first-order valence-corrected chi connectivity index (χ1v) is 8.51. The van der Waals surface area contributed by atoms with Gasteiger partial charge in [-0.25, -0.2) is 4.79 Å². The van der Waals surface area contributed by atoms with Gasteiger partial charge in [0.1, 0.15) is 0 Å². The Morgan fingerprint density at radius 1 is 1.43 bits per heavy atom. The Kier molecular flexibility index (Phi) is 3.99. The van der Waals surface area contributed by atoms with Gasteiger partial charge in [-0.1, -0.05) is 39.0 Å². The van der Waals surface area contributed by atoms with E-state index >= 15 is 0 Å². The fraction of sp³-hybridized carbons (Fsp3) is 0.550. The molecule has 1 aromatic rings. The molecule has 124 valence electrons. The summed E-state index contributed by atoms with van der Waals surface area (Å²) in [6, 6.07) is 2.02. The van der Waals surface area contributed by atoms with Crippen molar-refractivity contribution in [1.29, 1.82) is 0 Å². The predicted octanol–water partition coefficient (Wildman–Crippen LogP) is 4.85. The summed E-state index contributed by atoms with van der Waals surface area (Å²) in [4.78, 5) is 11.7. The maximum atomic E-state index is 11.7. The summed E-state index contributed by atoms with van der Waals surface area (Å²) in [5, 5.41) is 9.64. The molecule has 1 saturated carbocycles. The fourth-order valence-corrected chi connectivity index (χ4v) is 4.79. The number of carboxylic acids is 1. The number of furan rings is 1. The minimum atomic E-state index is -0.770. The maximum absolute atomic E-state index is 11.7. The van der Waals surface area contributed by atoms with Gasteiger partial charge in [0.25, 0.3) is 0 Å². The van der Waals surface area contributed by atoms with Gasteiger partial charge in [0.2, 0.25) is 0 Å². The van der Waals surface area contributed by atoms with Crippen LogP contribution in [0.4, 0.5) is 0 Å². The minimum absolute atomic E-state index is 0.0930. The van der Waals surface area contributed by atoms with Crippen molar-refractivity contribution >= 4 is 5.97 Å². The SMILES string of the molecule is C[C@H]1CC[C@]2(C)C(C(=O)O)=CC=C[C@@H]2[C@@]1(C)CCc1ccoc1. The Morgan fingerprint density at radius 2 is 2.22 bits per heavy atom. The number of carbonyl (C=O) groups is 1. The molecule has 0 radical (unpaired) electrons. The molecule has 1 N–H and O–H groups in total. The maximum Gasteiger partial charge on any atom is 0.332 e. The van der Waals surface area contributed by atoms with Gasteiger partial charge in [-0.05, 0) is 54.6 Å². The third-order valence-electron chi connectivity index (χ3n) is 6.56. The zero-order valence-corrected chi connectivity index (χ0v) is 14.2. The van der Waals surface area contributed by atoms with Gasteiger partial charge in [0.15, 0.2) is 0 Å². The molecule has 1 aromatic heterocycles. The highest BCUT2D eigenvalue weighted by atomic mass is 16.4. The van der Waals surface area contributed by atoms with E-state index in [0.29, 0.717) is 11.5 Å². The molecule has 0 aliphatic heterocycles. The molecule has 0 aromatic carbocycles. The molecule has 2 aliphatic carbocycles. The highest BCUT2D eigenvalue weighted by molar-refractivity contribution is 5.89. The molecule has 0 saturated heterocycles. The molecular weight excluding hydrogens is 288 g/mol. The van der Waals surface area contributed by atoms with E-state index in [-0.39, 0.29) is 16.7 Å². The average Bonchev–Trinajstić information content (AvgIpc) is 3.02. The fourth-order valence-electron chi connectivity index (χ4n) is 4.79. The standard InChI is InChI=1S/C20H26O3/c1-14-7-10-20(3)16(18(21)22)5-4-6-17(20)19(14,2)11-8-15-9-12-23-13-15/h4-6,9,12-14,17H,7-8,10-11H2,1-3H3,(H,21,22)/t14-,17+,19-,20+/m0/s1. The molecule has 1 heterocycles. The predicted molar refractivity (Wildman–Crippen MR) is 90.0 cm³/mol. The molecule has 23 heavy (non-hydrogen) atoms. The average molecular weight is 314 g/mol. The summed E-state index contributed by atoms with van der Waals surface area (Å²) in [7, 11) is 0. The van der Waals surface area contributed by atoms with E-state index in [4.69, 9.17) is 4.42 Å². The van der Waals surface area contributed by atoms with Crippen LogP contribution in [-0.4, -0.2) is 11.1 Å². The zero-order valence-electron chi connectivity index (χ0n) is 14.2. The van der Waals surface area contributed by atoms with Crippen molar-refractivity contribution in [3.05, 3.63) is 48.0 Å². The lowest BCUT2D eigenvalue weighted by Gasteiger charge is -2.56. The quantitative estimate of drug-likeness (QED) is 0.864. The van der Waals surface area contributed by atoms with E-state index in [0.717, 1.165) is 25.7 Å². The lowest BCUT2D eigenvalue weighted by atomic mass is 9.48. The number of carboxylic acid groups (broad SMARTS) is 1. The topological polar surface area (TPSA) is 50.4 Å². The van der Waals surface area contributed by atoms with E-state index in [1.54, 1.807) is 12.3 Å². The smallest absolute Gasteiger partial charge is 0.332 e. The van der Waals surface area contributed by atoms with Crippen LogP contribution in [0, 0.1) is 22.7 Å². The summed E-state index contributed by atoms with van der Waals surface area (Å²) < 4.78 is 5.19. The minimum Gasteiger partial charge on any atom is -0.478 e. The largest absolute Gasteiger partial charge is 0.478 e. The van der Waals surface area contributed by atoms with Crippen LogP contribution in [0.1, 0.15) is 45.6 Å². The van der Waals surface area contributed by atoms with Crippen LogP contribution in [0.2, 0.25) is 0 Å². The molecule has 3 nitrogen and oxygen atoms in total. The van der Waals surface area contributed by atoms with E-state index in [2.05, 4.69) is 26.8 Å². The second kappa shape index (κ2) is 5.70. The Morgan fingerprint density at radius 3 is 2.87 bits per heavy atom. The number of fused-ring (bicyclic) bond motifs is 1. The molecule has 1 fully saturated rings. The number of rotatable bonds is 4. The van der Waals surface area contributed by atoms with E-state index in [1.165, 1.54) is 5.56 Å². The Labute approximate surface area is 138 Å². The van der Waals surface area contributed by atoms with Crippen LogP contribution < -0.4 is 0 Å². The van der Waals surface area contributed by atoms with Gasteiger partial charge in [0.05, 0.1) is 12.5 Å². The number of hydrogen-bond donors (Lipinski definition) is 1. The normalized spacial score (nSPS) is 36.4. The Hall–Kier alpha value is -1.77. The van der Waals surface area contributed by atoms with Crippen molar-refractivity contribution < 1.29 is 14.3 Å². The van der Waals surface area contributed by atoms with Crippen molar-refractivity contribution in [2.24, 2.45) is 22.7 Å². The first-order valence-electron chi connectivity index (χ1n) is 8.51. The van der Waals surface area contributed by atoms with Gasteiger partial charge in [-0.2, -0.15) is 0 Å². The number of aryl methyl sites for hydroxylation is 1. The van der Waals surface area contributed by atoms with Crippen LogP contribution >= 0.6 is 0 Å². The number of allylic oxidation sites excluding steroid dienone is 3. The van der Waals surface area contributed by atoms with Gasteiger partial charge >= 0.3 is 5.97 Å². The van der Waals surface area contributed by atoms with Crippen LogP contribution in [-0.2, 0) is 11.2 Å². The second-order valence-electron chi connectivity index (χ2n) is 7.74. The first kappa shape index (κ1) is 16.1. The van der Waals surface area contributed by atoms with Gasteiger partial charge in [0, 0.05) is 11.0 Å². The summed E-state index contributed by atoms with van der Waals surface area (Å²) in [5.74, 6) is 0.0700. The first-order chi connectivity index (χ1) is 10.9. The number of aliphatic carboxylic acids is 1. The van der Waals surface area contributed by atoms with Crippen molar-refractivity contribution in [2.45, 2.75) is 46.5 Å². The molecule has 0 bridgehead atoms. The monoisotopic (exact) mass is 314 g/mol. The number of hydrogen-bond acceptors (Lipinski definition) is 2. The third kappa shape index (κ3) is 2.56. The van der Waals surface area contributed by atoms with Crippen LogP contribution in [0.25, 0.3) is 0 Å². The lowest BCUT2D eigenvalue weighted by molar-refractivity contribution is -0.135. The third-order valence-corrected chi connectivity index (χ3v) is 6.56. The molecule has 0 unspecified atom stereocenters. The van der Waals surface area contributed by atoms with E-state index < -0.39 is 5.97 Å². The van der Waals surface area contributed by atoms with Gasteiger partial charge < -0.3 is 9.52 Å². The van der Waals surface area contributed by atoms with E-state index in [9.17, 15) is 9.90 Å². The molecule has 0 amide bonds. The van der Waals surface area contributed by atoms with Crippen LogP contribution in [0.15, 0.2) is 46.8 Å². The molecular formula is C20H26O3. The van der Waals surface area contributed by atoms with E-state index in [1.807, 2.05) is 18.4 Å². The highest BCUT2D eigenvalue weighted by Crippen LogP contribution is 2.60. The van der Waals surface area contributed by atoms with Crippen molar-refractivity contribution in [2.75, 3.05) is 0 Å².